The molecule has 3 N–H and O–H groups in total. The van der Waals surface area contributed by atoms with E-state index in [2.05, 4.69) is 20.3 Å². The number of carbonyl (C=O) groups excluding carboxylic acids is 3. The number of hydrogen-bond donors (Lipinski definition) is 3. The maximum absolute atomic E-state index is 13.0. The van der Waals surface area contributed by atoms with Gasteiger partial charge in [-0.25, -0.2) is 26.5 Å². The minimum Gasteiger partial charge on any atom is -0.317 e. The maximum Gasteiger partial charge on any atom is 0.315 e. The summed E-state index contributed by atoms with van der Waals surface area (Å²) in [6.07, 6.45) is 5.33. The lowest BCUT2D eigenvalue weighted by Crippen LogP contribution is -2.30. The minimum absolute atomic E-state index is 0.0809. The number of nitrogens with one attached hydrogen (secondary N) is 3. The van der Waals surface area contributed by atoms with Gasteiger partial charge in [-0.15, -0.1) is 0 Å². The molecule has 0 radical (unpaired) electrons. The molecule has 14 heteroatoms. The monoisotopic (exact) mass is 542 g/mol. The van der Waals surface area contributed by atoms with Crippen LogP contribution in [-0.4, -0.2) is 51.9 Å². The fourth-order valence-electron chi connectivity index (χ4n) is 3.70. The number of amides is 2. The van der Waals surface area contributed by atoms with Gasteiger partial charge in [0, 0.05) is 17.7 Å². The zero-order chi connectivity index (χ0) is 26.0. The van der Waals surface area contributed by atoms with Gasteiger partial charge in [-0.3, -0.25) is 19.7 Å². The SMILES string of the molecule is Cc1ccc(NC(=O)C(=O)Nc2nc(CNS(C)(=O)=O)c(S(C)(=O)=O)s2)c(C(=O)C2CCCC2)c1. The summed E-state index contributed by atoms with van der Waals surface area (Å²) in [4.78, 5) is 42.0. The Labute approximate surface area is 207 Å². The van der Waals surface area contributed by atoms with Crippen molar-refractivity contribution in [3.05, 3.63) is 35.0 Å². The van der Waals surface area contributed by atoms with E-state index in [1.54, 1.807) is 18.2 Å². The number of rotatable bonds is 8. The van der Waals surface area contributed by atoms with Crippen LogP contribution in [0.3, 0.4) is 0 Å². The molecular formula is C21H26N4O7S3. The van der Waals surface area contributed by atoms with Gasteiger partial charge in [-0.2, -0.15) is 0 Å². The van der Waals surface area contributed by atoms with E-state index in [9.17, 15) is 31.2 Å². The summed E-state index contributed by atoms with van der Waals surface area (Å²) < 4.78 is 48.7. The van der Waals surface area contributed by atoms with E-state index in [1.807, 2.05) is 6.92 Å². The molecule has 0 bridgehead atoms. The summed E-state index contributed by atoms with van der Waals surface area (Å²) in [6, 6.07) is 4.94. The molecule has 11 nitrogen and oxygen atoms in total. The highest BCUT2D eigenvalue weighted by Gasteiger charge is 2.28. The van der Waals surface area contributed by atoms with Crippen LogP contribution in [0.2, 0.25) is 0 Å². The number of aryl methyl sites for hydroxylation is 1. The van der Waals surface area contributed by atoms with E-state index in [1.165, 1.54) is 0 Å². The molecule has 1 aromatic heterocycles. The number of benzene rings is 1. The van der Waals surface area contributed by atoms with Gasteiger partial charge in [0.05, 0.1) is 24.2 Å². The van der Waals surface area contributed by atoms with Crippen molar-refractivity contribution in [2.75, 3.05) is 23.1 Å². The zero-order valence-electron chi connectivity index (χ0n) is 19.4. The summed E-state index contributed by atoms with van der Waals surface area (Å²) in [5.74, 6) is -2.39. The molecule has 2 aromatic rings. The molecule has 1 aliphatic rings. The van der Waals surface area contributed by atoms with Crippen LogP contribution in [0.4, 0.5) is 10.8 Å². The third-order valence-electron chi connectivity index (χ3n) is 5.34. The normalized spacial score (nSPS) is 14.6. The van der Waals surface area contributed by atoms with Gasteiger partial charge in [-0.1, -0.05) is 35.8 Å². The summed E-state index contributed by atoms with van der Waals surface area (Å²) >= 11 is 0.596. The average molecular weight is 543 g/mol. The molecule has 1 saturated carbocycles. The van der Waals surface area contributed by atoms with E-state index >= 15 is 0 Å². The molecule has 1 heterocycles. The van der Waals surface area contributed by atoms with Crippen molar-refractivity contribution in [1.29, 1.82) is 0 Å². The molecule has 0 spiro atoms. The zero-order valence-corrected chi connectivity index (χ0v) is 21.8. The van der Waals surface area contributed by atoms with Crippen molar-refractivity contribution in [3.8, 4) is 0 Å². The quantitative estimate of drug-likeness (QED) is 0.335. The first-order valence-corrected chi connectivity index (χ1v) is 15.3. The van der Waals surface area contributed by atoms with Crippen LogP contribution in [0.25, 0.3) is 0 Å². The molecule has 190 valence electrons. The Morgan fingerprint density at radius 1 is 1.03 bits per heavy atom. The minimum atomic E-state index is -3.78. The van der Waals surface area contributed by atoms with Crippen LogP contribution in [0.5, 0.6) is 0 Å². The third-order valence-corrected chi connectivity index (χ3v) is 8.89. The lowest BCUT2D eigenvalue weighted by molar-refractivity contribution is -0.133. The number of nitrogens with zero attached hydrogens (tertiary/aromatic N) is 1. The predicted molar refractivity (Wildman–Crippen MR) is 132 cm³/mol. The predicted octanol–water partition coefficient (Wildman–Crippen LogP) is 1.85. The van der Waals surface area contributed by atoms with Crippen molar-refractivity contribution in [2.45, 2.75) is 43.4 Å². The second-order valence-corrected chi connectivity index (χ2v) is 13.5. The Morgan fingerprint density at radius 2 is 1.66 bits per heavy atom. The first kappa shape index (κ1) is 26.9. The molecule has 35 heavy (non-hydrogen) atoms. The standard InChI is InChI=1S/C21H26N4O7S3/c1-12-8-9-15(14(10-12)17(26)13-6-4-5-7-13)23-18(27)19(28)25-21-24-16(11-22-35(3,31)32)20(33-21)34(2,29)30/h8-10,13,22H,4-7,11H2,1-3H3,(H,23,27)(H,24,25,28). The van der Waals surface area contributed by atoms with Crippen molar-refractivity contribution in [3.63, 3.8) is 0 Å². The van der Waals surface area contributed by atoms with E-state index in [4.69, 9.17) is 0 Å². The van der Waals surface area contributed by atoms with Crippen LogP contribution in [0, 0.1) is 12.8 Å². The Balaban J connectivity index is 1.77. The van der Waals surface area contributed by atoms with Gasteiger partial charge >= 0.3 is 11.8 Å². The number of hydrogen-bond acceptors (Lipinski definition) is 9. The van der Waals surface area contributed by atoms with E-state index in [-0.39, 0.29) is 32.4 Å². The van der Waals surface area contributed by atoms with Gasteiger partial charge in [0.2, 0.25) is 10.0 Å². The fraction of sp³-hybridized carbons (Fsp3) is 0.429. The molecule has 2 amide bonds. The van der Waals surface area contributed by atoms with Crippen LogP contribution in [0.15, 0.2) is 22.4 Å². The molecule has 1 aromatic carbocycles. The number of Topliss-reactive ketones (excluding diaryl/α,β-unsaturated/α-hetero) is 1. The van der Waals surface area contributed by atoms with Crippen LogP contribution >= 0.6 is 11.3 Å². The molecule has 1 aliphatic carbocycles. The molecule has 3 rings (SSSR count). The van der Waals surface area contributed by atoms with Gasteiger partial charge < -0.3 is 5.32 Å². The van der Waals surface area contributed by atoms with Crippen LogP contribution in [-0.2, 0) is 36.0 Å². The largest absolute Gasteiger partial charge is 0.317 e. The summed E-state index contributed by atoms with van der Waals surface area (Å²) in [5.41, 5.74) is 1.27. The van der Waals surface area contributed by atoms with Crippen molar-refractivity contribution < 1.29 is 31.2 Å². The van der Waals surface area contributed by atoms with E-state index < -0.39 is 38.2 Å². The molecule has 0 atom stereocenters. The lowest BCUT2D eigenvalue weighted by atomic mass is 9.94. The van der Waals surface area contributed by atoms with Crippen LogP contribution in [0.1, 0.15) is 47.3 Å². The highest BCUT2D eigenvalue weighted by molar-refractivity contribution is 7.93. The van der Waals surface area contributed by atoms with Gasteiger partial charge in [-0.05, 0) is 31.9 Å². The van der Waals surface area contributed by atoms with E-state index in [0.717, 1.165) is 43.8 Å². The van der Waals surface area contributed by atoms with Crippen LogP contribution < -0.4 is 15.4 Å². The number of carbonyl (C=O) groups is 3. The molecule has 0 saturated heterocycles. The van der Waals surface area contributed by atoms with Crippen molar-refractivity contribution in [2.24, 2.45) is 5.92 Å². The van der Waals surface area contributed by atoms with Gasteiger partial charge in [0.25, 0.3) is 0 Å². The topological polar surface area (TPSA) is 168 Å². The first-order valence-electron chi connectivity index (χ1n) is 10.7. The average Bonchev–Trinajstić information content (AvgIpc) is 3.42. The molecule has 0 aliphatic heterocycles. The summed E-state index contributed by atoms with van der Waals surface area (Å²) in [7, 11) is -7.41. The fourth-order valence-corrected chi connectivity index (χ4v) is 6.20. The first-order chi connectivity index (χ1) is 16.2. The van der Waals surface area contributed by atoms with E-state index in [0.29, 0.717) is 16.9 Å². The number of sulfone groups is 1. The van der Waals surface area contributed by atoms with Crippen molar-refractivity contribution >= 4 is 59.6 Å². The third kappa shape index (κ3) is 7.16. The van der Waals surface area contributed by atoms with Gasteiger partial charge in [0.1, 0.15) is 4.21 Å². The van der Waals surface area contributed by atoms with Gasteiger partial charge in [0.15, 0.2) is 20.8 Å². The Bertz CT molecular complexity index is 1380. The second-order valence-electron chi connectivity index (χ2n) is 8.42. The highest BCUT2D eigenvalue weighted by atomic mass is 32.2. The number of thiazole rings is 1. The Kier molecular flexibility index (Phi) is 8.09. The smallest absolute Gasteiger partial charge is 0.315 e. The molecule has 1 fully saturated rings. The van der Waals surface area contributed by atoms with Crippen molar-refractivity contribution in [1.82, 2.24) is 9.71 Å². The highest BCUT2D eigenvalue weighted by Crippen LogP contribution is 2.31. The Morgan fingerprint density at radius 3 is 2.26 bits per heavy atom. The number of aromatic nitrogens is 1. The summed E-state index contributed by atoms with van der Waals surface area (Å²) in [6.45, 7) is 1.41. The molecular weight excluding hydrogens is 516 g/mol. The summed E-state index contributed by atoms with van der Waals surface area (Å²) in [5, 5.41) is 4.50. The molecule has 0 unspecified atom stereocenters. The Hall–Kier alpha value is -2.68. The number of ketones is 1. The maximum atomic E-state index is 13.0. The second kappa shape index (κ2) is 10.5. The lowest BCUT2D eigenvalue weighted by Gasteiger charge is -2.14. The number of anilines is 2. The number of sulfonamides is 1.